The summed E-state index contributed by atoms with van der Waals surface area (Å²) in [5.41, 5.74) is 0.843. The molecule has 22 heavy (non-hydrogen) atoms. The highest BCUT2D eigenvalue weighted by Crippen LogP contribution is 2.40. The van der Waals surface area contributed by atoms with E-state index >= 15 is 0 Å². The number of aromatic nitrogens is 4. The van der Waals surface area contributed by atoms with Gasteiger partial charge in [-0.25, -0.2) is 9.48 Å². The van der Waals surface area contributed by atoms with Gasteiger partial charge in [0.05, 0.1) is 18.3 Å². The van der Waals surface area contributed by atoms with E-state index in [-0.39, 0.29) is 17.0 Å². The summed E-state index contributed by atoms with van der Waals surface area (Å²) in [5.74, 6) is -0.150. The molecule has 0 aliphatic carbocycles. The summed E-state index contributed by atoms with van der Waals surface area (Å²) in [6, 6.07) is 0. The number of rotatable bonds is 6. The lowest BCUT2D eigenvalue weighted by molar-refractivity contribution is -0.146. The number of allylic oxidation sites excluding steroid dienone is 1. The molecule has 0 spiro atoms. The molecule has 10 heteroatoms. The van der Waals surface area contributed by atoms with E-state index in [1.165, 1.54) is 16.7 Å². The Balaban J connectivity index is 1.78. The van der Waals surface area contributed by atoms with Crippen LogP contribution in [-0.4, -0.2) is 59.0 Å². The fraction of sp³-hybridized carbons (Fsp3) is 0.417. The van der Waals surface area contributed by atoms with Crippen molar-refractivity contribution < 1.29 is 14.7 Å². The average molecular weight is 339 g/mol. The molecular formula is C12H13N5O3S2. The fourth-order valence-electron chi connectivity index (χ4n) is 2.28. The molecule has 1 saturated heterocycles. The molecular weight excluding hydrogens is 326 g/mol. The maximum Gasteiger partial charge on any atom is 0.352 e. The zero-order valence-electron chi connectivity index (χ0n) is 11.5. The van der Waals surface area contributed by atoms with Gasteiger partial charge in [-0.3, -0.25) is 9.69 Å². The topological polar surface area (TPSA) is 101 Å². The van der Waals surface area contributed by atoms with E-state index in [0.29, 0.717) is 29.6 Å². The lowest BCUT2D eigenvalue weighted by atomic mass is 10.1. The molecule has 1 aromatic rings. The lowest BCUT2D eigenvalue weighted by Crippen LogP contribution is -2.54. The Morgan fingerprint density at radius 3 is 3.09 bits per heavy atom. The number of nitrogens with zero attached hydrogens (tertiary/aromatic N) is 5. The highest BCUT2D eigenvalue weighted by molar-refractivity contribution is 8.00. The van der Waals surface area contributed by atoms with Gasteiger partial charge in [-0.2, -0.15) is 0 Å². The van der Waals surface area contributed by atoms with Crippen LogP contribution >= 0.6 is 23.5 Å². The molecule has 0 unspecified atom stereocenters. The van der Waals surface area contributed by atoms with Crippen LogP contribution in [0.5, 0.6) is 0 Å². The van der Waals surface area contributed by atoms with Crippen LogP contribution in [0.1, 0.15) is 6.42 Å². The number of hydrogen-bond donors (Lipinski definition) is 1. The van der Waals surface area contributed by atoms with Crippen LogP contribution in [0.4, 0.5) is 0 Å². The third kappa shape index (κ3) is 2.63. The van der Waals surface area contributed by atoms with Crippen molar-refractivity contribution in [1.82, 2.24) is 25.1 Å². The summed E-state index contributed by atoms with van der Waals surface area (Å²) in [6.45, 7) is 4.12. The van der Waals surface area contributed by atoms with Crippen LogP contribution in [0.3, 0.4) is 0 Å². The number of carboxylic acid groups (broad SMARTS) is 1. The van der Waals surface area contributed by atoms with E-state index in [1.54, 1.807) is 22.5 Å². The first kappa shape index (κ1) is 15.1. The minimum Gasteiger partial charge on any atom is -0.477 e. The highest BCUT2D eigenvalue weighted by Gasteiger charge is 2.45. The Labute approximate surface area is 134 Å². The van der Waals surface area contributed by atoms with E-state index in [0.717, 1.165) is 5.57 Å². The second-order valence-electron chi connectivity index (χ2n) is 4.71. The number of aliphatic carboxylic acids is 1. The molecule has 1 aromatic heterocycles. The summed E-state index contributed by atoms with van der Waals surface area (Å²) in [5, 5.41) is 21.3. The predicted octanol–water partition coefficient (Wildman–Crippen LogP) is 0.595. The number of β-lactam (4-membered cyclic amide) rings is 1. The first-order valence-corrected chi connectivity index (χ1v) is 8.54. The van der Waals surface area contributed by atoms with Crippen molar-refractivity contribution in [2.75, 3.05) is 11.5 Å². The summed E-state index contributed by atoms with van der Waals surface area (Å²) >= 11 is 2.95. The number of carbonyl (C=O) groups is 2. The van der Waals surface area contributed by atoms with Gasteiger partial charge in [-0.15, -0.1) is 23.4 Å². The van der Waals surface area contributed by atoms with E-state index in [1.807, 2.05) is 0 Å². The van der Waals surface area contributed by atoms with Crippen molar-refractivity contribution in [2.45, 2.75) is 23.5 Å². The van der Waals surface area contributed by atoms with E-state index < -0.39 is 5.97 Å². The van der Waals surface area contributed by atoms with Gasteiger partial charge in [0, 0.05) is 11.5 Å². The molecule has 1 amide bonds. The smallest absolute Gasteiger partial charge is 0.352 e. The van der Waals surface area contributed by atoms with Gasteiger partial charge >= 0.3 is 5.97 Å². The van der Waals surface area contributed by atoms with E-state index in [2.05, 4.69) is 22.1 Å². The summed E-state index contributed by atoms with van der Waals surface area (Å²) < 4.78 is 1.59. The number of amides is 1. The zero-order valence-corrected chi connectivity index (χ0v) is 13.1. The Morgan fingerprint density at radius 1 is 1.59 bits per heavy atom. The third-order valence-corrected chi connectivity index (χ3v) is 5.63. The third-order valence-electron chi connectivity index (χ3n) is 3.31. The predicted molar refractivity (Wildman–Crippen MR) is 81.1 cm³/mol. The lowest BCUT2D eigenvalue weighted by Gasteiger charge is -2.43. The highest BCUT2D eigenvalue weighted by atomic mass is 32.2. The van der Waals surface area contributed by atoms with Crippen LogP contribution in [-0.2, 0) is 16.1 Å². The first-order chi connectivity index (χ1) is 10.6. The minimum atomic E-state index is -1.06. The summed E-state index contributed by atoms with van der Waals surface area (Å²) in [7, 11) is 0. The Kier molecular flexibility index (Phi) is 4.21. The number of fused-ring (bicyclic) bond motifs is 1. The Morgan fingerprint density at radius 2 is 2.41 bits per heavy atom. The van der Waals surface area contributed by atoms with Gasteiger partial charge in [-0.1, -0.05) is 17.8 Å². The van der Waals surface area contributed by atoms with Crippen LogP contribution in [0.15, 0.2) is 29.1 Å². The van der Waals surface area contributed by atoms with Crippen LogP contribution in [0.25, 0.3) is 0 Å². The second kappa shape index (κ2) is 6.13. The van der Waals surface area contributed by atoms with Gasteiger partial charge in [0.25, 0.3) is 0 Å². The van der Waals surface area contributed by atoms with E-state index in [9.17, 15) is 14.7 Å². The normalized spacial score (nSPS) is 20.6. The summed E-state index contributed by atoms with van der Waals surface area (Å²) in [6.07, 6.45) is 2.10. The maximum atomic E-state index is 11.7. The number of hydrogen-bond acceptors (Lipinski definition) is 7. The number of carbonyl (C=O) groups excluding carboxylic acids is 1. The molecule has 0 saturated carbocycles. The molecule has 8 nitrogen and oxygen atoms in total. The zero-order chi connectivity index (χ0) is 15.7. The number of thioether (sulfide) groups is 2. The standard InChI is InChI=1S/C12H13N5O3S2/c1-2-3-16-12(13-14-15-16)22-6-7-5-21-9-4-8(18)17(9)10(7)11(19)20/h2,9H,1,3-6H2,(H,19,20)/t9-/m0/s1. The van der Waals surface area contributed by atoms with Crippen molar-refractivity contribution in [3.63, 3.8) is 0 Å². The molecule has 2 aliphatic rings. The molecule has 1 atom stereocenters. The second-order valence-corrected chi connectivity index (χ2v) is 6.82. The van der Waals surface area contributed by atoms with Crippen LogP contribution in [0, 0.1) is 0 Å². The van der Waals surface area contributed by atoms with Crippen molar-refractivity contribution in [3.8, 4) is 0 Å². The van der Waals surface area contributed by atoms with Gasteiger partial charge < -0.3 is 5.11 Å². The van der Waals surface area contributed by atoms with Crippen molar-refractivity contribution in [3.05, 3.63) is 23.9 Å². The average Bonchev–Trinajstić information content (AvgIpc) is 2.91. The molecule has 0 aromatic carbocycles. The van der Waals surface area contributed by atoms with Gasteiger partial charge in [0.2, 0.25) is 11.1 Å². The fourth-order valence-corrected chi connectivity index (χ4v) is 4.57. The number of tetrazole rings is 1. The minimum absolute atomic E-state index is 0.0292. The van der Waals surface area contributed by atoms with Crippen molar-refractivity contribution >= 4 is 35.4 Å². The SMILES string of the molecule is C=CCn1nnnc1SCC1=C(C(=O)O)N2C(=O)C[C@@H]2SC1. The molecule has 1 fully saturated rings. The molecule has 0 bridgehead atoms. The van der Waals surface area contributed by atoms with Gasteiger partial charge in [0.15, 0.2) is 0 Å². The van der Waals surface area contributed by atoms with Crippen molar-refractivity contribution in [1.29, 1.82) is 0 Å². The maximum absolute atomic E-state index is 11.7. The quantitative estimate of drug-likeness (QED) is 0.457. The van der Waals surface area contributed by atoms with Crippen LogP contribution < -0.4 is 0 Å². The van der Waals surface area contributed by atoms with Gasteiger partial charge in [-0.05, 0) is 16.0 Å². The van der Waals surface area contributed by atoms with Crippen molar-refractivity contribution in [2.24, 2.45) is 0 Å². The van der Waals surface area contributed by atoms with E-state index in [4.69, 9.17) is 0 Å². The first-order valence-electron chi connectivity index (χ1n) is 6.50. The molecule has 3 heterocycles. The number of carboxylic acids is 1. The van der Waals surface area contributed by atoms with Crippen LogP contribution in [0.2, 0.25) is 0 Å². The Hall–Kier alpha value is -1.81. The largest absolute Gasteiger partial charge is 0.477 e. The molecule has 2 aliphatic heterocycles. The molecule has 3 rings (SSSR count). The van der Waals surface area contributed by atoms with Gasteiger partial charge in [0.1, 0.15) is 5.70 Å². The molecule has 0 radical (unpaired) electrons. The summed E-state index contributed by atoms with van der Waals surface area (Å²) in [4.78, 5) is 24.5. The monoisotopic (exact) mass is 339 g/mol. The Bertz CT molecular complexity index is 671. The molecule has 116 valence electrons. The molecule has 1 N–H and O–H groups in total.